The van der Waals surface area contributed by atoms with Crippen LogP contribution in [0.5, 0.6) is 0 Å². The lowest BCUT2D eigenvalue weighted by molar-refractivity contribution is -0.139. The number of likely N-dealkylation sites (tertiary alicyclic amines) is 9. The number of ether oxygens (including phenoxy) is 13. The number of aliphatic hydroxyl groups is 1. The summed E-state index contributed by atoms with van der Waals surface area (Å²) in [6.07, 6.45) is 28.8. The van der Waals surface area contributed by atoms with E-state index in [-0.39, 0.29) is 23.2 Å². The number of hydrogen-bond acceptors (Lipinski definition) is 28. The van der Waals surface area contributed by atoms with Gasteiger partial charge in [0.15, 0.2) is 6.29 Å². The van der Waals surface area contributed by atoms with Crippen LogP contribution in [0.1, 0.15) is 231 Å². The van der Waals surface area contributed by atoms with Crippen molar-refractivity contribution in [2.45, 2.75) is 266 Å². The number of rotatable bonds is 64. The molecule has 9 heterocycles. The molecule has 6 N–H and O–H groups in total. The predicted octanol–water partition coefficient (Wildman–Crippen LogP) is 10.0. The predicted molar refractivity (Wildman–Crippen MR) is 521 cm³/mol. The van der Waals surface area contributed by atoms with Crippen LogP contribution in [0.3, 0.4) is 0 Å². The molecule has 0 spiro atoms. The molecule has 9 fully saturated rings. The Morgan fingerprint density at radius 2 is 0.397 bits per heavy atom. The molecule has 0 amide bonds. The maximum Gasteiger partial charge on any atom is 0.178 e. The number of hydrogen-bond donors (Lipinski definition) is 6. The van der Waals surface area contributed by atoms with E-state index in [0.29, 0.717) is 51.7 Å². The van der Waals surface area contributed by atoms with Crippen LogP contribution in [0.25, 0.3) is 0 Å². The Balaban J connectivity index is 0.000000380. The lowest BCUT2D eigenvalue weighted by Crippen LogP contribution is -2.38. The Hall–Kier alpha value is -1.12. The molecule has 0 aromatic heterocycles. The molecule has 0 saturated carbocycles. The van der Waals surface area contributed by atoms with Crippen molar-refractivity contribution in [2.24, 2.45) is 0 Å². The molecule has 9 saturated heterocycles. The molecule has 1 atom stereocenters. The molecule has 126 heavy (non-hydrogen) atoms. The van der Waals surface area contributed by atoms with E-state index in [1.165, 1.54) is 246 Å². The monoisotopic (exact) mass is 1800 g/mol. The van der Waals surface area contributed by atoms with E-state index < -0.39 is 6.29 Å². The Morgan fingerprint density at radius 3 is 0.627 bits per heavy atom. The smallest absolute Gasteiger partial charge is 0.178 e. The maximum atomic E-state index is 9.60. The minimum atomic E-state index is -0.808. The fraction of sp³-hybridized carbons (Fsp3) is 1.00. The third kappa shape index (κ3) is 81.3. The fourth-order valence-electron chi connectivity index (χ4n) is 15.9. The molecule has 0 bridgehead atoms. The van der Waals surface area contributed by atoms with Crippen LogP contribution in [0.4, 0.5) is 0 Å². The number of nitrogens with zero attached hydrogens (tertiary/aromatic N) is 9. The number of aliphatic hydroxyl groups excluding tert-OH is 1. The van der Waals surface area contributed by atoms with Gasteiger partial charge in [-0.1, -0.05) is 40.5 Å². The Morgan fingerprint density at radius 1 is 0.214 bits per heavy atom. The molecule has 0 aromatic rings. The molecular weight excluding hydrogens is 1600 g/mol. The van der Waals surface area contributed by atoms with Crippen LogP contribution in [0.2, 0.25) is 0 Å². The summed E-state index contributed by atoms with van der Waals surface area (Å²) in [5.74, 6) is 0. The molecular formula is C98H206N14O14. The summed E-state index contributed by atoms with van der Waals surface area (Å²) >= 11 is 0. The second-order valence-corrected chi connectivity index (χ2v) is 39.2. The highest BCUT2D eigenvalue weighted by atomic mass is 16.6. The van der Waals surface area contributed by atoms with Crippen molar-refractivity contribution in [1.29, 1.82) is 0 Å². The van der Waals surface area contributed by atoms with E-state index in [1.807, 2.05) is 0 Å². The van der Waals surface area contributed by atoms with Crippen LogP contribution in [0, 0.1) is 0 Å². The second kappa shape index (κ2) is 83.3. The van der Waals surface area contributed by atoms with Gasteiger partial charge >= 0.3 is 0 Å². The zero-order valence-electron chi connectivity index (χ0n) is 84.4. The highest BCUT2D eigenvalue weighted by molar-refractivity contribution is 4.75. The summed E-state index contributed by atoms with van der Waals surface area (Å²) in [5, 5.41) is 26.3. The van der Waals surface area contributed by atoms with Crippen molar-refractivity contribution in [3.8, 4) is 0 Å². The second-order valence-electron chi connectivity index (χ2n) is 39.2. The molecule has 0 aliphatic carbocycles. The molecule has 28 nitrogen and oxygen atoms in total. The van der Waals surface area contributed by atoms with Crippen LogP contribution in [-0.4, -0.2) is 459 Å². The Labute approximate surface area is 774 Å². The van der Waals surface area contributed by atoms with Gasteiger partial charge in [-0.2, -0.15) is 0 Å². The van der Waals surface area contributed by atoms with Crippen molar-refractivity contribution < 1.29 is 66.7 Å². The molecule has 752 valence electrons. The first-order valence-electron chi connectivity index (χ1n) is 51.6. The van der Waals surface area contributed by atoms with Gasteiger partial charge in [-0.3, -0.25) is 0 Å². The summed E-state index contributed by atoms with van der Waals surface area (Å²) in [4.78, 5) is 22.5. The van der Waals surface area contributed by atoms with E-state index in [4.69, 9.17) is 61.6 Å². The first kappa shape index (κ1) is 119. The van der Waals surface area contributed by atoms with Gasteiger partial charge in [0.25, 0.3) is 0 Å². The normalized spacial score (nSPS) is 19.0. The first-order valence-corrected chi connectivity index (χ1v) is 51.6. The molecule has 1 unspecified atom stereocenters. The average Bonchev–Trinajstić information content (AvgIpc) is 1.15. The lowest BCUT2D eigenvalue weighted by Gasteiger charge is -2.26. The van der Waals surface area contributed by atoms with Crippen molar-refractivity contribution in [1.82, 2.24) is 70.7 Å². The summed E-state index contributed by atoms with van der Waals surface area (Å²) < 4.78 is 71.8. The Kier molecular flexibility index (Phi) is 78.7. The van der Waals surface area contributed by atoms with Crippen LogP contribution < -0.4 is 26.6 Å². The van der Waals surface area contributed by atoms with E-state index in [2.05, 4.69) is 161 Å². The lowest BCUT2D eigenvalue weighted by atomic mass is 10.1. The van der Waals surface area contributed by atoms with E-state index in [1.54, 1.807) is 0 Å². The minimum Gasteiger partial charge on any atom is -0.379 e. The van der Waals surface area contributed by atoms with Gasteiger partial charge in [0.1, 0.15) is 0 Å². The molecule has 9 rings (SSSR count). The fourth-order valence-corrected chi connectivity index (χ4v) is 15.9. The highest BCUT2D eigenvalue weighted by Gasteiger charge is 2.20. The Bertz CT molecular complexity index is 2100. The van der Waals surface area contributed by atoms with Crippen molar-refractivity contribution >= 4 is 0 Å². The SMILES string of the molecule is C1CCN(CCCOCCOCCCN2CCCC2)C1.C1CCN(CCOCCN2CCCC2)C1.C1CCN(CCOCCOCCN2CCCC2)C1.C1CCN(CCOCCOCCN2CCCCC2)CC1.CC(C)(C)NCCOCC(O)OCCN1CCCC1.CC(C)(C)NCCOCCOCCNC(C)(C)C.CC(C)NCCOCCOCCNC(C)C. The molecule has 0 aromatic carbocycles. The zero-order chi connectivity index (χ0) is 91.0. The topological polar surface area (TPSA) is 230 Å². The van der Waals surface area contributed by atoms with Gasteiger partial charge in [-0.25, -0.2) is 0 Å². The van der Waals surface area contributed by atoms with Crippen molar-refractivity contribution in [3.05, 3.63) is 0 Å². The van der Waals surface area contributed by atoms with E-state index >= 15 is 0 Å². The summed E-state index contributed by atoms with van der Waals surface area (Å²) in [5.41, 5.74) is 0.436. The summed E-state index contributed by atoms with van der Waals surface area (Å²) in [7, 11) is 0. The third-order valence-electron chi connectivity index (χ3n) is 23.3. The molecule has 28 heteroatoms. The van der Waals surface area contributed by atoms with Gasteiger partial charge < -0.3 is 137 Å². The number of piperidine rings is 2. The third-order valence-corrected chi connectivity index (χ3v) is 23.3. The maximum absolute atomic E-state index is 9.60. The first-order chi connectivity index (χ1) is 61.1. The van der Waals surface area contributed by atoms with Crippen LogP contribution in [0.15, 0.2) is 0 Å². The highest BCUT2D eigenvalue weighted by Crippen LogP contribution is 2.15. The van der Waals surface area contributed by atoms with Gasteiger partial charge in [0.2, 0.25) is 0 Å². The van der Waals surface area contributed by atoms with Gasteiger partial charge in [-0.05, 0) is 309 Å². The standard InChI is InChI=1S/2C16H32N2O2.C14H30N2O3.C14H28N2O2.C14H32N2O2.C12H28N2O2.C12H24N2O/c1-3-7-17(8-4-1)11-13-19-15-16-20-14-12-18-9-5-2-6-10-18;1-2-8-17(7-1)11-5-13-19-15-16-20-14-6-12-18-9-3-4-10-18;1-14(2,3)15-6-10-18-12-13(17)19-11-9-16-7-4-5-8-16;1-2-6-15(5-1)9-11-17-13-14-18-12-10-16-7-3-4-8-16;1-13(2,3)15-7-9-17-11-12-18-10-8-16-14(4,5)6;1-11(2)13-5-7-15-9-10-16-8-6-14-12(3)4;1-2-6-13(5-1)9-11-15-12-10-14-7-3-4-8-14/h2*1-16H2;13,15,17H,4-12H2,1-3H3;1-14H2;15-16H,7-12H2,1-6H3;11-14H,5-10H2,1-4H3;1-12H2. The van der Waals surface area contributed by atoms with Gasteiger partial charge in [-0.15, -0.1) is 0 Å². The van der Waals surface area contributed by atoms with Crippen molar-refractivity contribution in [3.63, 3.8) is 0 Å². The van der Waals surface area contributed by atoms with E-state index in [0.717, 1.165) is 223 Å². The largest absolute Gasteiger partial charge is 0.379 e. The number of nitrogens with one attached hydrogen (secondary N) is 5. The quantitative estimate of drug-likeness (QED) is 0.0246. The van der Waals surface area contributed by atoms with Gasteiger partial charge in [0, 0.05) is 134 Å². The zero-order valence-corrected chi connectivity index (χ0v) is 84.4. The van der Waals surface area contributed by atoms with Crippen molar-refractivity contribution in [2.75, 3.05) is 375 Å². The molecule has 9 aliphatic rings. The summed E-state index contributed by atoms with van der Waals surface area (Å²) in [6, 6.07) is 1.06. The van der Waals surface area contributed by atoms with Crippen LogP contribution in [-0.2, 0) is 61.6 Å². The van der Waals surface area contributed by atoms with Gasteiger partial charge in [0.05, 0.1) is 152 Å². The average molecular weight is 1800 g/mol. The van der Waals surface area contributed by atoms with E-state index in [9.17, 15) is 5.11 Å². The molecule has 0 radical (unpaired) electrons. The summed E-state index contributed by atoms with van der Waals surface area (Å²) in [6.45, 7) is 83.4. The van der Waals surface area contributed by atoms with Crippen LogP contribution >= 0.6 is 0 Å². The minimum absolute atomic E-state index is 0.105. The molecule has 9 aliphatic heterocycles.